The molecule has 1 unspecified atom stereocenters. The molecule has 102 valence electrons. The first-order valence-corrected chi connectivity index (χ1v) is 7.17. The van der Waals surface area contributed by atoms with E-state index in [1.807, 2.05) is 0 Å². The number of benzene rings is 1. The fraction of sp³-hybridized carbons (Fsp3) is 0.562. The Balaban J connectivity index is 1.69. The van der Waals surface area contributed by atoms with Gasteiger partial charge in [0.15, 0.2) is 0 Å². The van der Waals surface area contributed by atoms with Gasteiger partial charge in [-0.15, -0.1) is 0 Å². The summed E-state index contributed by atoms with van der Waals surface area (Å²) in [5, 5.41) is 0. The molecule has 19 heavy (non-hydrogen) atoms. The summed E-state index contributed by atoms with van der Waals surface area (Å²) in [6, 6.07) is 6.46. The average molecular weight is 259 g/mol. The summed E-state index contributed by atoms with van der Waals surface area (Å²) in [4.78, 5) is 13.7. The number of carbonyl (C=O) groups excluding carboxylic acids is 1. The summed E-state index contributed by atoms with van der Waals surface area (Å²) in [5.41, 5.74) is 2.93. The minimum absolute atomic E-state index is 0.421. The van der Waals surface area contributed by atoms with Crippen LogP contribution in [0.3, 0.4) is 0 Å². The molecular weight excluding hydrogens is 238 g/mol. The Morgan fingerprint density at radius 2 is 2.05 bits per heavy atom. The highest BCUT2D eigenvalue weighted by Crippen LogP contribution is 2.36. The highest BCUT2D eigenvalue weighted by molar-refractivity contribution is 5.79. The first-order chi connectivity index (χ1) is 9.26. The molecule has 1 aromatic rings. The Bertz CT molecular complexity index is 474. The van der Waals surface area contributed by atoms with Crippen molar-refractivity contribution in [2.24, 2.45) is 0 Å². The molecule has 0 saturated carbocycles. The summed E-state index contributed by atoms with van der Waals surface area (Å²) in [6.45, 7) is 2.97. The molecule has 1 heterocycles. The van der Waals surface area contributed by atoms with Gasteiger partial charge in [0.1, 0.15) is 11.5 Å². The molecule has 1 atom stereocenters. The quantitative estimate of drug-likeness (QED) is 0.834. The molecule has 1 aliphatic heterocycles. The number of Topliss-reactive ketones (excluding diaryl/α,β-unsaturated/α-hetero) is 1. The summed E-state index contributed by atoms with van der Waals surface area (Å²) in [7, 11) is 1.72. The van der Waals surface area contributed by atoms with E-state index >= 15 is 0 Å². The number of hydrogen-bond donors (Lipinski definition) is 0. The van der Waals surface area contributed by atoms with Crippen LogP contribution in [0.1, 0.15) is 36.3 Å². The van der Waals surface area contributed by atoms with Crippen LogP contribution in [0.15, 0.2) is 18.2 Å². The zero-order valence-electron chi connectivity index (χ0n) is 11.5. The number of ketones is 1. The molecule has 0 N–H and O–H groups in total. The third kappa shape index (κ3) is 2.66. The van der Waals surface area contributed by atoms with Gasteiger partial charge in [0, 0.05) is 32.5 Å². The van der Waals surface area contributed by atoms with Gasteiger partial charge in [0.2, 0.25) is 0 Å². The lowest BCUT2D eigenvalue weighted by Crippen LogP contribution is -2.36. The van der Waals surface area contributed by atoms with Crippen molar-refractivity contribution in [3.05, 3.63) is 29.3 Å². The van der Waals surface area contributed by atoms with E-state index in [0.29, 0.717) is 11.7 Å². The fourth-order valence-electron chi connectivity index (χ4n) is 3.28. The molecule has 1 saturated heterocycles. The third-order valence-corrected chi connectivity index (χ3v) is 4.45. The zero-order chi connectivity index (χ0) is 13.2. The average Bonchev–Trinajstić information content (AvgIpc) is 2.84. The van der Waals surface area contributed by atoms with Crippen LogP contribution in [0, 0.1) is 0 Å². The molecule has 2 aliphatic rings. The number of likely N-dealkylation sites (tertiary alicyclic amines) is 1. The van der Waals surface area contributed by atoms with Crippen molar-refractivity contribution in [3.8, 4) is 5.75 Å². The van der Waals surface area contributed by atoms with E-state index in [2.05, 4.69) is 23.1 Å². The van der Waals surface area contributed by atoms with Crippen molar-refractivity contribution in [3.63, 3.8) is 0 Å². The number of carbonyl (C=O) groups is 1. The number of aryl methyl sites for hydroxylation is 1. The Kier molecular flexibility index (Phi) is 3.56. The van der Waals surface area contributed by atoms with Crippen molar-refractivity contribution < 1.29 is 9.53 Å². The van der Waals surface area contributed by atoms with Gasteiger partial charge in [0.05, 0.1) is 7.11 Å². The van der Waals surface area contributed by atoms with Crippen LogP contribution >= 0.6 is 0 Å². The largest absolute Gasteiger partial charge is 0.497 e. The van der Waals surface area contributed by atoms with E-state index in [9.17, 15) is 4.79 Å². The van der Waals surface area contributed by atoms with E-state index in [4.69, 9.17) is 4.74 Å². The second-order valence-corrected chi connectivity index (χ2v) is 5.64. The Hall–Kier alpha value is -1.35. The van der Waals surface area contributed by atoms with E-state index in [1.54, 1.807) is 7.11 Å². The Morgan fingerprint density at radius 3 is 2.79 bits per heavy atom. The predicted octanol–water partition coefficient (Wildman–Crippen LogP) is 2.39. The molecule has 3 nitrogen and oxygen atoms in total. The molecular formula is C16H21NO2. The number of ether oxygens (including phenoxy) is 1. The molecule has 0 spiro atoms. The molecule has 1 aromatic carbocycles. The Labute approximate surface area is 114 Å². The first kappa shape index (κ1) is 12.7. The monoisotopic (exact) mass is 259 g/mol. The van der Waals surface area contributed by atoms with Crippen molar-refractivity contribution in [1.82, 2.24) is 4.90 Å². The minimum Gasteiger partial charge on any atom is -0.497 e. The van der Waals surface area contributed by atoms with Gasteiger partial charge in [-0.05, 0) is 42.0 Å². The maximum absolute atomic E-state index is 11.3. The van der Waals surface area contributed by atoms with Crippen LogP contribution in [-0.2, 0) is 11.2 Å². The molecule has 1 aliphatic carbocycles. The SMILES string of the molecule is COc1ccc2c(c1)C(CN1CCC(=O)CC1)CC2. The molecule has 3 heteroatoms. The van der Waals surface area contributed by atoms with Crippen molar-refractivity contribution in [2.45, 2.75) is 31.6 Å². The van der Waals surface area contributed by atoms with Crippen LogP contribution in [-0.4, -0.2) is 37.4 Å². The minimum atomic E-state index is 0.421. The van der Waals surface area contributed by atoms with Gasteiger partial charge in [-0.25, -0.2) is 0 Å². The highest BCUT2D eigenvalue weighted by atomic mass is 16.5. The van der Waals surface area contributed by atoms with Crippen LogP contribution in [0.5, 0.6) is 5.75 Å². The van der Waals surface area contributed by atoms with E-state index in [0.717, 1.165) is 38.2 Å². The summed E-state index contributed by atoms with van der Waals surface area (Å²) < 4.78 is 5.33. The number of piperidine rings is 1. The lowest BCUT2D eigenvalue weighted by Gasteiger charge is -2.28. The second kappa shape index (κ2) is 5.33. The standard InChI is InChI=1S/C16H21NO2/c1-19-15-5-4-12-2-3-13(16(12)10-15)11-17-8-6-14(18)7-9-17/h4-5,10,13H,2-3,6-9,11H2,1H3. The van der Waals surface area contributed by atoms with E-state index in [1.165, 1.54) is 24.0 Å². The fourth-order valence-corrected chi connectivity index (χ4v) is 3.28. The Morgan fingerprint density at radius 1 is 1.26 bits per heavy atom. The number of nitrogens with zero attached hydrogens (tertiary/aromatic N) is 1. The molecule has 0 radical (unpaired) electrons. The number of methoxy groups -OCH3 is 1. The lowest BCUT2D eigenvalue weighted by molar-refractivity contribution is -0.121. The summed E-state index contributed by atoms with van der Waals surface area (Å²) in [6.07, 6.45) is 3.87. The maximum atomic E-state index is 11.3. The first-order valence-electron chi connectivity index (χ1n) is 7.17. The zero-order valence-corrected chi connectivity index (χ0v) is 11.5. The molecule has 0 aromatic heterocycles. The van der Waals surface area contributed by atoms with Crippen molar-refractivity contribution in [2.75, 3.05) is 26.7 Å². The number of fused-ring (bicyclic) bond motifs is 1. The number of hydrogen-bond acceptors (Lipinski definition) is 3. The molecule has 0 amide bonds. The lowest BCUT2D eigenvalue weighted by atomic mass is 9.99. The van der Waals surface area contributed by atoms with Crippen LogP contribution < -0.4 is 4.74 Å². The van der Waals surface area contributed by atoms with Crippen LogP contribution in [0.2, 0.25) is 0 Å². The smallest absolute Gasteiger partial charge is 0.135 e. The third-order valence-electron chi connectivity index (χ3n) is 4.45. The number of rotatable bonds is 3. The van der Waals surface area contributed by atoms with Crippen molar-refractivity contribution >= 4 is 5.78 Å². The summed E-state index contributed by atoms with van der Waals surface area (Å²) >= 11 is 0. The van der Waals surface area contributed by atoms with Gasteiger partial charge >= 0.3 is 0 Å². The van der Waals surface area contributed by atoms with Gasteiger partial charge in [-0.2, -0.15) is 0 Å². The molecule has 3 rings (SSSR count). The summed E-state index contributed by atoms with van der Waals surface area (Å²) in [5.74, 6) is 1.99. The highest BCUT2D eigenvalue weighted by Gasteiger charge is 2.26. The van der Waals surface area contributed by atoms with E-state index in [-0.39, 0.29) is 0 Å². The normalized spacial score (nSPS) is 23.4. The predicted molar refractivity (Wildman–Crippen MR) is 74.7 cm³/mol. The van der Waals surface area contributed by atoms with Gasteiger partial charge in [-0.3, -0.25) is 4.79 Å². The van der Waals surface area contributed by atoms with Gasteiger partial charge in [-0.1, -0.05) is 6.07 Å². The van der Waals surface area contributed by atoms with E-state index < -0.39 is 0 Å². The molecule has 0 bridgehead atoms. The van der Waals surface area contributed by atoms with Crippen LogP contribution in [0.4, 0.5) is 0 Å². The van der Waals surface area contributed by atoms with Gasteiger partial charge < -0.3 is 9.64 Å². The topological polar surface area (TPSA) is 29.5 Å². The maximum Gasteiger partial charge on any atom is 0.135 e. The second-order valence-electron chi connectivity index (χ2n) is 5.64. The molecule has 1 fully saturated rings. The van der Waals surface area contributed by atoms with Crippen LogP contribution in [0.25, 0.3) is 0 Å². The van der Waals surface area contributed by atoms with Crippen molar-refractivity contribution in [1.29, 1.82) is 0 Å². The van der Waals surface area contributed by atoms with Gasteiger partial charge in [0.25, 0.3) is 0 Å².